The molecule has 2 rings (SSSR count). The van der Waals surface area contributed by atoms with Crippen molar-refractivity contribution in [2.24, 2.45) is 0 Å². The van der Waals surface area contributed by atoms with Crippen molar-refractivity contribution in [1.82, 2.24) is 9.97 Å². The molecule has 2 aromatic heterocycles. The lowest BCUT2D eigenvalue weighted by molar-refractivity contribution is 0.102. The van der Waals surface area contributed by atoms with E-state index in [-0.39, 0.29) is 16.6 Å². The fourth-order valence-corrected chi connectivity index (χ4v) is 2.02. The summed E-state index contributed by atoms with van der Waals surface area (Å²) in [6, 6.07) is 5.03. The SMILES string of the molecule is COc1nccc(N(C)C)c1NC(=O)c1cccnc1Cl. The third-order valence-corrected chi connectivity index (χ3v) is 3.11. The highest BCUT2D eigenvalue weighted by Crippen LogP contribution is 2.32. The molecule has 2 aromatic rings. The molecule has 2 heterocycles. The molecule has 0 aliphatic heterocycles. The van der Waals surface area contributed by atoms with Crippen molar-refractivity contribution in [3.05, 3.63) is 41.3 Å². The van der Waals surface area contributed by atoms with Crippen molar-refractivity contribution < 1.29 is 9.53 Å². The molecule has 1 N–H and O–H groups in total. The van der Waals surface area contributed by atoms with Crippen molar-refractivity contribution in [2.75, 3.05) is 31.4 Å². The van der Waals surface area contributed by atoms with Gasteiger partial charge in [-0.15, -0.1) is 0 Å². The van der Waals surface area contributed by atoms with Crippen molar-refractivity contribution in [3.8, 4) is 5.88 Å². The summed E-state index contributed by atoms with van der Waals surface area (Å²) < 4.78 is 5.20. The van der Waals surface area contributed by atoms with E-state index in [0.717, 1.165) is 5.69 Å². The molecule has 0 bridgehead atoms. The fourth-order valence-electron chi connectivity index (χ4n) is 1.81. The van der Waals surface area contributed by atoms with Crippen LogP contribution in [0.2, 0.25) is 5.15 Å². The van der Waals surface area contributed by atoms with Gasteiger partial charge in [-0.2, -0.15) is 0 Å². The van der Waals surface area contributed by atoms with Crippen LogP contribution in [0.5, 0.6) is 5.88 Å². The molecule has 7 heteroatoms. The van der Waals surface area contributed by atoms with E-state index in [2.05, 4.69) is 15.3 Å². The highest BCUT2D eigenvalue weighted by Gasteiger charge is 2.18. The number of halogens is 1. The highest BCUT2D eigenvalue weighted by atomic mass is 35.5. The van der Waals surface area contributed by atoms with Crippen LogP contribution in [0.15, 0.2) is 30.6 Å². The molecule has 0 aliphatic rings. The number of pyridine rings is 2. The Hall–Kier alpha value is -2.34. The zero-order valence-electron chi connectivity index (χ0n) is 11.9. The second-order valence-corrected chi connectivity index (χ2v) is 4.76. The Morgan fingerprint density at radius 3 is 2.67 bits per heavy atom. The summed E-state index contributed by atoms with van der Waals surface area (Å²) in [7, 11) is 5.22. The first-order chi connectivity index (χ1) is 10.0. The molecule has 110 valence electrons. The average molecular weight is 307 g/mol. The predicted octanol–water partition coefficient (Wildman–Crippen LogP) is 2.46. The summed E-state index contributed by atoms with van der Waals surface area (Å²) in [5, 5.41) is 2.92. The number of aromatic nitrogens is 2. The molecule has 0 aromatic carbocycles. The molecule has 0 saturated carbocycles. The molecule has 21 heavy (non-hydrogen) atoms. The quantitative estimate of drug-likeness (QED) is 0.879. The minimum atomic E-state index is -0.373. The smallest absolute Gasteiger partial charge is 0.258 e. The Kier molecular flexibility index (Phi) is 4.59. The monoisotopic (exact) mass is 306 g/mol. The van der Waals surface area contributed by atoms with Gasteiger partial charge in [-0.1, -0.05) is 11.6 Å². The van der Waals surface area contributed by atoms with E-state index in [1.807, 2.05) is 19.0 Å². The molecule has 1 amide bonds. The van der Waals surface area contributed by atoms with Crippen LogP contribution >= 0.6 is 11.6 Å². The van der Waals surface area contributed by atoms with Gasteiger partial charge in [0.15, 0.2) is 0 Å². The first kappa shape index (κ1) is 15.1. The Labute approximate surface area is 127 Å². The summed E-state index contributed by atoms with van der Waals surface area (Å²) in [6.45, 7) is 0. The molecule has 6 nitrogen and oxygen atoms in total. The molecular formula is C14H15ClN4O2. The van der Waals surface area contributed by atoms with Crippen LogP contribution in [0.4, 0.5) is 11.4 Å². The summed E-state index contributed by atoms with van der Waals surface area (Å²) in [4.78, 5) is 22.2. The molecular weight excluding hydrogens is 292 g/mol. The Morgan fingerprint density at radius 1 is 1.29 bits per heavy atom. The Morgan fingerprint density at radius 2 is 2.05 bits per heavy atom. The van der Waals surface area contributed by atoms with Gasteiger partial charge >= 0.3 is 0 Å². The van der Waals surface area contributed by atoms with Gasteiger partial charge in [0.1, 0.15) is 10.8 Å². The molecule has 0 atom stereocenters. The Balaban J connectivity index is 2.39. The van der Waals surface area contributed by atoms with E-state index in [1.165, 1.54) is 13.3 Å². The summed E-state index contributed by atoms with van der Waals surface area (Å²) in [6.07, 6.45) is 3.13. The van der Waals surface area contributed by atoms with Crippen LogP contribution in [0.3, 0.4) is 0 Å². The van der Waals surface area contributed by atoms with Gasteiger partial charge in [0.05, 0.1) is 18.4 Å². The van der Waals surface area contributed by atoms with Gasteiger partial charge in [0.2, 0.25) is 5.88 Å². The maximum atomic E-state index is 12.3. The number of amides is 1. The van der Waals surface area contributed by atoms with Crippen LogP contribution in [0.25, 0.3) is 0 Å². The third-order valence-electron chi connectivity index (χ3n) is 2.81. The van der Waals surface area contributed by atoms with Crippen LogP contribution in [-0.4, -0.2) is 37.1 Å². The van der Waals surface area contributed by atoms with Crippen LogP contribution in [-0.2, 0) is 0 Å². The van der Waals surface area contributed by atoms with Gasteiger partial charge in [0, 0.05) is 26.5 Å². The lowest BCUT2D eigenvalue weighted by atomic mass is 10.2. The van der Waals surface area contributed by atoms with E-state index in [4.69, 9.17) is 16.3 Å². The largest absolute Gasteiger partial charge is 0.479 e. The van der Waals surface area contributed by atoms with E-state index in [0.29, 0.717) is 11.6 Å². The maximum Gasteiger partial charge on any atom is 0.258 e. The predicted molar refractivity (Wildman–Crippen MR) is 82.3 cm³/mol. The summed E-state index contributed by atoms with van der Waals surface area (Å²) in [5.41, 5.74) is 1.54. The number of hydrogen-bond donors (Lipinski definition) is 1. The topological polar surface area (TPSA) is 67.3 Å². The fraction of sp³-hybridized carbons (Fsp3) is 0.214. The molecule has 0 spiro atoms. The van der Waals surface area contributed by atoms with E-state index in [1.54, 1.807) is 24.4 Å². The van der Waals surface area contributed by atoms with Crippen molar-refractivity contribution in [3.63, 3.8) is 0 Å². The number of anilines is 2. The minimum absolute atomic E-state index is 0.143. The number of ether oxygens (including phenoxy) is 1. The standard InChI is InChI=1S/C14H15ClN4O2/c1-19(2)10-6-8-17-14(21-3)11(10)18-13(20)9-5-4-7-16-12(9)15/h4-8H,1-3H3,(H,18,20). The number of carbonyl (C=O) groups is 1. The number of carbonyl (C=O) groups excluding carboxylic acids is 1. The van der Waals surface area contributed by atoms with E-state index >= 15 is 0 Å². The van der Waals surface area contributed by atoms with Crippen LogP contribution in [0.1, 0.15) is 10.4 Å². The Bertz CT molecular complexity index is 661. The number of nitrogens with zero attached hydrogens (tertiary/aromatic N) is 3. The number of rotatable bonds is 4. The molecule has 0 fully saturated rings. The third kappa shape index (κ3) is 3.22. The first-order valence-electron chi connectivity index (χ1n) is 6.16. The van der Waals surface area contributed by atoms with Crippen LogP contribution < -0.4 is 15.0 Å². The van der Waals surface area contributed by atoms with Crippen molar-refractivity contribution in [2.45, 2.75) is 0 Å². The maximum absolute atomic E-state index is 12.3. The number of hydrogen-bond acceptors (Lipinski definition) is 5. The van der Waals surface area contributed by atoms with E-state index in [9.17, 15) is 4.79 Å². The number of nitrogens with one attached hydrogen (secondary N) is 1. The molecule has 0 saturated heterocycles. The van der Waals surface area contributed by atoms with Crippen molar-refractivity contribution in [1.29, 1.82) is 0 Å². The first-order valence-corrected chi connectivity index (χ1v) is 6.54. The summed E-state index contributed by atoms with van der Waals surface area (Å²) >= 11 is 5.93. The highest BCUT2D eigenvalue weighted by molar-refractivity contribution is 6.33. The lowest BCUT2D eigenvalue weighted by Gasteiger charge is -2.19. The molecule has 0 aliphatic carbocycles. The molecule has 0 radical (unpaired) electrons. The molecule has 0 unspecified atom stereocenters. The van der Waals surface area contributed by atoms with Gasteiger partial charge in [-0.25, -0.2) is 9.97 Å². The van der Waals surface area contributed by atoms with Crippen LogP contribution in [0, 0.1) is 0 Å². The average Bonchev–Trinajstić information content (AvgIpc) is 2.47. The van der Waals surface area contributed by atoms with Crippen molar-refractivity contribution >= 4 is 28.9 Å². The zero-order chi connectivity index (χ0) is 15.4. The normalized spacial score (nSPS) is 10.1. The zero-order valence-corrected chi connectivity index (χ0v) is 12.7. The lowest BCUT2D eigenvalue weighted by Crippen LogP contribution is -2.18. The van der Waals surface area contributed by atoms with Gasteiger partial charge in [-0.3, -0.25) is 4.79 Å². The second kappa shape index (κ2) is 6.41. The van der Waals surface area contributed by atoms with E-state index < -0.39 is 0 Å². The van der Waals surface area contributed by atoms with Gasteiger partial charge in [0.25, 0.3) is 5.91 Å². The van der Waals surface area contributed by atoms with Gasteiger partial charge < -0.3 is 15.0 Å². The number of methoxy groups -OCH3 is 1. The second-order valence-electron chi connectivity index (χ2n) is 4.40. The minimum Gasteiger partial charge on any atom is -0.479 e. The van der Waals surface area contributed by atoms with Gasteiger partial charge in [-0.05, 0) is 18.2 Å². The summed E-state index contributed by atoms with van der Waals surface area (Å²) in [5.74, 6) is -0.0444.